The van der Waals surface area contributed by atoms with Crippen LogP contribution < -0.4 is 10.6 Å². The molecule has 7 nitrogen and oxygen atoms in total. The van der Waals surface area contributed by atoms with Gasteiger partial charge in [-0.05, 0) is 12.5 Å². The van der Waals surface area contributed by atoms with E-state index in [1.807, 2.05) is 0 Å². The largest absolute Gasteiger partial charge is 0.464 e. The first kappa shape index (κ1) is 16.0. The van der Waals surface area contributed by atoms with E-state index in [0.29, 0.717) is 6.61 Å². The van der Waals surface area contributed by atoms with Gasteiger partial charge in [0.15, 0.2) is 0 Å². The molecule has 1 unspecified atom stereocenters. The number of amides is 2. The van der Waals surface area contributed by atoms with Crippen molar-refractivity contribution in [2.75, 3.05) is 13.7 Å². The summed E-state index contributed by atoms with van der Waals surface area (Å²) in [5.74, 6) is -1.29. The summed E-state index contributed by atoms with van der Waals surface area (Å²) in [7, 11) is 1.19. The summed E-state index contributed by atoms with van der Waals surface area (Å²) in [6.07, 6.45) is 5.25. The SMILES string of the molecule is CCCCCCOC(=O)C1C=C(C(=O)OC)NC(=O)N1. The van der Waals surface area contributed by atoms with Crippen molar-refractivity contribution in [1.29, 1.82) is 0 Å². The lowest BCUT2D eigenvalue weighted by atomic mass is 10.2. The molecule has 0 aliphatic carbocycles. The zero-order valence-corrected chi connectivity index (χ0v) is 11.7. The lowest BCUT2D eigenvalue weighted by Gasteiger charge is -2.21. The third-order valence-electron chi connectivity index (χ3n) is 2.77. The minimum Gasteiger partial charge on any atom is -0.464 e. The molecular weight excluding hydrogens is 264 g/mol. The zero-order chi connectivity index (χ0) is 15.0. The first-order valence-electron chi connectivity index (χ1n) is 6.62. The second-order valence-electron chi connectivity index (χ2n) is 4.38. The van der Waals surface area contributed by atoms with Gasteiger partial charge in [0.25, 0.3) is 0 Å². The van der Waals surface area contributed by atoms with Crippen molar-refractivity contribution in [1.82, 2.24) is 10.6 Å². The third-order valence-corrected chi connectivity index (χ3v) is 2.77. The number of hydrogen-bond donors (Lipinski definition) is 2. The fourth-order valence-corrected chi connectivity index (χ4v) is 1.70. The Morgan fingerprint density at radius 1 is 1.30 bits per heavy atom. The Morgan fingerprint density at radius 3 is 2.70 bits per heavy atom. The van der Waals surface area contributed by atoms with E-state index in [2.05, 4.69) is 22.3 Å². The standard InChI is InChI=1S/C13H20N2O5/c1-3-4-5-6-7-20-12(17)10-8-9(11(16)19-2)14-13(18)15-10/h8,10H,3-7H2,1-2H3,(H2,14,15,18). The van der Waals surface area contributed by atoms with Crippen LogP contribution in [-0.4, -0.2) is 37.7 Å². The zero-order valence-electron chi connectivity index (χ0n) is 11.7. The number of urea groups is 1. The monoisotopic (exact) mass is 284 g/mol. The maximum atomic E-state index is 11.8. The van der Waals surface area contributed by atoms with Gasteiger partial charge in [0, 0.05) is 0 Å². The van der Waals surface area contributed by atoms with E-state index in [1.54, 1.807) is 0 Å². The van der Waals surface area contributed by atoms with Gasteiger partial charge < -0.3 is 20.1 Å². The highest BCUT2D eigenvalue weighted by molar-refractivity contribution is 5.98. The summed E-state index contributed by atoms with van der Waals surface area (Å²) < 4.78 is 9.55. The van der Waals surface area contributed by atoms with Crippen molar-refractivity contribution in [3.63, 3.8) is 0 Å². The van der Waals surface area contributed by atoms with Crippen molar-refractivity contribution in [2.45, 2.75) is 38.6 Å². The van der Waals surface area contributed by atoms with Gasteiger partial charge in [-0.3, -0.25) is 0 Å². The van der Waals surface area contributed by atoms with E-state index in [0.717, 1.165) is 25.7 Å². The van der Waals surface area contributed by atoms with Crippen LogP contribution in [0.2, 0.25) is 0 Å². The summed E-state index contributed by atoms with van der Waals surface area (Å²) in [5, 5.41) is 4.63. The number of carbonyl (C=O) groups is 3. The Hall–Kier alpha value is -2.05. The van der Waals surface area contributed by atoms with Gasteiger partial charge in [-0.15, -0.1) is 0 Å². The molecule has 1 atom stereocenters. The van der Waals surface area contributed by atoms with E-state index in [9.17, 15) is 14.4 Å². The molecule has 2 N–H and O–H groups in total. The second-order valence-corrected chi connectivity index (χ2v) is 4.38. The van der Waals surface area contributed by atoms with E-state index >= 15 is 0 Å². The van der Waals surface area contributed by atoms with Crippen LogP contribution in [-0.2, 0) is 19.1 Å². The molecule has 0 radical (unpaired) electrons. The van der Waals surface area contributed by atoms with Crippen LogP contribution in [0.5, 0.6) is 0 Å². The molecule has 7 heteroatoms. The van der Waals surface area contributed by atoms with Gasteiger partial charge in [-0.1, -0.05) is 26.2 Å². The molecule has 1 aliphatic heterocycles. The number of nitrogens with one attached hydrogen (secondary N) is 2. The molecule has 0 spiro atoms. The van der Waals surface area contributed by atoms with E-state index in [-0.39, 0.29) is 5.70 Å². The Bertz CT molecular complexity index is 406. The number of rotatable bonds is 7. The summed E-state index contributed by atoms with van der Waals surface area (Å²) in [6, 6.07) is -1.61. The van der Waals surface area contributed by atoms with Crippen molar-refractivity contribution >= 4 is 18.0 Å². The first-order chi connectivity index (χ1) is 9.58. The molecule has 1 rings (SSSR count). The quantitative estimate of drug-likeness (QED) is 0.534. The first-order valence-corrected chi connectivity index (χ1v) is 6.62. The fraction of sp³-hybridized carbons (Fsp3) is 0.615. The highest BCUT2D eigenvalue weighted by Gasteiger charge is 2.28. The molecular formula is C13H20N2O5. The molecule has 1 heterocycles. The van der Waals surface area contributed by atoms with Crippen molar-refractivity contribution in [3.8, 4) is 0 Å². The topological polar surface area (TPSA) is 93.7 Å². The number of hydrogen-bond acceptors (Lipinski definition) is 5. The Labute approximate surface area is 117 Å². The number of methoxy groups -OCH3 is 1. The highest BCUT2D eigenvalue weighted by atomic mass is 16.5. The summed E-state index contributed by atoms with van der Waals surface area (Å²) in [6.45, 7) is 2.40. The lowest BCUT2D eigenvalue weighted by molar-refractivity contribution is -0.144. The molecule has 0 aromatic rings. The summed E-state index contributed by atoms with van der Waals surface area (Å²) >= 11 is 0. The number of unbranched alkanes of at least 4 members (excludes halogenated alkanes) is 3. The Balaban J connectivity index is 2.49. The molecule has 0 aromatic carbocycles. The number of carbonyl (C=O) groups excluding carboxylic acids is 3. The predicted octanol–water partition coefficient (Wildman–Crippen LogP) is 0.848. The van der Waals surface area contributed by atoms with Crippen LogP contribution in [0.25, 0.3) is 0 Å². The average Bonchev–Trinajstić information content (AvgIpc) is 2.45. The molecule has 0 saturated heterocycles. The molecule has 1 aliphatic rings. The minimum absolute atomic E-state index is 0.0656. The Morgan fingerprint density at radius 2 is 2.05 bits per heavy atom. The predicted molar refractivity (Wildman–Crippen MR) is 70.7 cm³/mol. The summed E-state index contributed by atoms with van der Waals surface area (Å²) in [4.78, 5) is 34.4. The van der Waals surface area contributed by atoms with Crippen molar-refractivity contribution < 1.29 is 23.9 Å². The lowest BCUT2D eigenvalue weighted by Crippen LogP contribution is -2.51. The molecule has 0 fully saturated rings. The van der Waals surface area contributed by atoms with Crippen molar-refractivity contribution in [2.24, 2.45) is 0 Å². The van der Waals surface area contributed by atoms with Crippen LogP contribution in [0, 0.1) is 0 Å². The van der Waals surface area contributed by atoms with Crippen LogP contribution in [0.1, 0.15) is 32.6 Å². The average molecular weight is 284 g/mol. The molecule has 2 amide bonds. The second kappa shape index (κ2) is 8.19. The summed E-state index contributed by atoms with van der Waals surface area (Å²) in [5.41, 5.74) is -0.0656. The third kappa shape index (κ3) is 4.91. The molecule has 20 heavy (non-hydrogen) atoms. The van der Waals surface area contributed by atoms with E-state index < -0.39 is 24.0 Å². The van der Waals surface area contributed by atoms with Gasteiger partial charge in [0.05, 0.1) is 13.7 Å². The minimum atomic E-state index is -0.968. The number of esters is 2. The smallest absolute Gasteiger partial charge is 0.354 e. The van der Waals surface area contributed by atoms with Gasteiger partial charge in [0.2, 0.25) is 0 Å². The van der Waals surface area contributed by atoms with E-state index in [4.69, 9.17) is 4.74 Å². The molecule has 112 valence electrons. The van der Waals surface area contributed by atoms with Crippen LogP contribution in [0.4, 0.5) is 4.79 Å². The van der Waals surface area contributed by atoms with Crippen molar-refractivity contribution in [3.05, 3.63) is 11.8 Å². The normalized spacial score (nSPS) is 17.6. The molecule has 0 aromatic heterocycles. The maximum Gasteiger partial charge on any atom is 0.354 e. The highest BCUT2D eigenvalue weighted by Crippen LogP contribution is 2.05. The van der Waals surface area contributed by atoms with E-state index in [1.165, 1.54) is 13.2 Å². The van der Waals surface area contributed by atoms with Gasteiger partial charge in [-0.2, -0.15) is 0 Å². The fourth-order valence-electron chi connectivity index (χ4n) is 1.70. The van der Waals surface area contributed by atoms with Gasteiger partial charge in [-0.25, -0.2) is 14.4 Å². The van der Waals surface area contributed by atoms with Gasteiger partial charge >= 0.3 is 18.0 Å². The van der Waals surface area contributed by atoms with Crippen LogP contribution >= 0.6 is 0 Å². The van der Waals surface area contributed by atoms with Crippen LogP contribution in [0.3, 0.4) is 0 Å². The number of ether oxygens (including phenoxy) is 2. The molecule has 0 saturated carbocycles. The molecule has 0 bridgehead atoms. The van der Waals surface area contributed by atoms with Crippen LogP contribution in [0.15, 0.2) is 11.8 Å². The van der Waals surface area contributed by atoms with Gasteiger partial charge in [0.1, 0.15) is 11.7 Å². The maximum absolute atomic E-state index is 11.8. The Kier molecular flexibility index (Phi) is 6.55.